The molecular weight excluding hydrogens is 325 g/mol. The van der Waals surface area contributed by atoms with Crippen LogP contribution >= 0.6 is 0 Å². The highest BCUT2D eigenvalue weighted by molar-refractivity contribution is 6.10. The van der Waals surface area contributed by atoms with Gasteiger partial charge >= 0.3 is 0 Å². The highest BCUT2D eigenvalue weighted by atomic mass is 19.1. The van der Waals surface area contributed by atoms with Crippen LogP contribution in [-0.4, -0.2) is 10.7 Å². The maximum atomic E-state index is 12.9. The normalized spacial score (nSPS) is 10.0. The minimum Gasteiger partial charge on any atom is -0.396 e. The molecule has 0 fully saturated rings. The predicted octanol–water partition coefficient (Wildman–Crippen LogP) is 5.06. The van der Waals surface area contributed by atoms with Crippen molar-refractivity contribution in [2.24, 2.45) is 0 Å². The molecule has 0 aliphatic heterocycles. The molecule has 0 amide bonds. The fourth-order valence-corrected chi connectivity index (χ4v) is 2.52. The molecule has 3 aromatic carbocycles. The van der Waals surface area contributed by atoms with Gasteiger partial charge in [-0.25, -0.2) is 4.39 Å². The Morgan fingerprint density at radius 3 is 1.92 bits per heavy atom. The Hall–Kier alpha value is -3.53. The van der Waals surface area contributed by atoms with Crippen molar-refractivity contribution in [2.45, 2.75) is 0 Å². The minimum atomic E-state index is -0.393. The molecule has 3 N–H and O–H groups in total. The number of aromatic nitrogens is 1. The molecule has 0 saturated carbocycles. The molecule has 0 radical (unpaired) electrons. The monoisotopic (exact) mass is 343 g/mol. The van der Waals surface area contributed by atoms with Crippen LogP contribution in [0.2, 0.25) is 0 Å². The summed E-state index contributed by atoms with van der Waals surface area (Å²) in [5.74, 6) is -0.393. The Morgan fingerprint density at radius 1 is 0.769 bits per heavy atom. The summed E-state index contributed by atoms with van der Waals surface area (Å²) < 4.78 is 12.9. The predicted molar refractivity (Wildman–Crippen MR) is 105 cm³/mol. The summed E-state index contributed by atoms with van der Waals surface area (Å²) in [7, 11) is 0. The number of benzene rings is 3. The van der Waals surface area contributed by atoms with Crippen molar-refractivity contribution in [3.05, 3.63) is 108 Å². The lowest BCUT2D eigenvalue weighted by atomic mass is 10.0. The van der Waals surface area contributed by atoms with Crippen LogP contribution in [-0.2, 0) is 0 Å². The minimum absolute atomic E-state index is 0.167. The first-order chi connectivity index (χ1) is 12.7. The second-order valence-corrected chi connectivity index (χ2v) is 5.64. The van der Waals surface area contributed by atoms with E-state index in [4.69, 9.17) is 11.1 Å². The number of nitrogens with two attached hydrogens (primary N) is 1. The van der Waals surface area contributed by atoms with Crippen molar-refractivity contribution < 1.29 is 4.39 Å². The van der Waals surface area contributed by atoms with Gasteiger partial charge in [-0.1, -0.05) is 60.7 Å². The first-order valence-corrected chi connectivity index (χ1v) is 8.15. The number of hydrogen-bond acceptors (Lipinski definition) is 3. The van der Waals surface area contributed by atoms with Crippen molar-refractivity contribution in [3.63, 3.8) is 0 Å². The number of nitrogen functional groups attached to an aromatic ring is 1. The number of halogens is 1. The smallest absolute Gasteiger partial charge is 0.146 e. The highest BCUT2D eigenvalue weighted by Crippen LogP contribution is 2.21. The SMILES string of the molecule is N=C(c1ccccc1)c1ccccc1.Nc1c(F)ccc2ncccc12. The molecular formula is C22H18FN3. The van der Waals surface area contributed by atoms with Crippen molar-refractivity contribution in [1.82, 2.24) is 4.98 Å². The number of rotatable bonds is 2. The number of nitrogens with one attached hydrogen (secondary N) is 1. The summed E-state index contributed by atoms with van der Waals surface area (Å²) in [6.45, 7) is 0. The second-order valence-electron chi connectivity index (χ2n) is 5.64. The van der Waals surface area contributed by atoms with E-state index in [9.17, 15) is 4.39 Å². The Balaban J connectivity index is 0.000000152. The molecule has 4 rings (SSSR count). The van der Waals surface area contributed by atoms with Gasteiger partial charge in [0.25, 0.3) is 0 Å². The van der Waals surface area contributed by atoms with Crippen molar-refractivity contribution >= 4 is 22.3 Å². The van der Waals surface area contributed by atoms with Gasteiger partial charge in [-0.2, -0.15) is 0 Å². The number of nitrogens with zero attached hydrogens (tertiary/aromatic N) is 1. The molecule has 3 nitrogen and oxygen atoms in total. The molecule has 4 aromatic rings. The molecule has 0 saturated heterocycles. The zero-order chi connectivity index (χ0) is 18.4. The fraction of sp³-hybridized carbons (Fsp3) is 0. The van der Waals surface area contributed by atoms with Gasteiger partial charge in [0.2, 0.25) is 0 Å². The lowest BCUT2D eigenvalue weighted by molar-refractivity contribution is 0.634. The number of fused-ring (bicyclic) bond motifs is 1. The van der Waals surface area contributed by atoms with Gasteiger partial charge in [0.05, 0.1) is 16.9 Å². The van der Waals surface area contributed by atoms with Gasteiger partial charge < -0.3 is 5.73 Å². The quantitative estimate of drug-likeness (QED) is 0.395. The molecule has 0 unspecified atom stereocenters. The Morgan fingerprint density at radius 2 is 1.35 bits per heavy atom. The average molecular weight is 343 g/mol. The molecule has 128 valence electrons. The maximum absolute atomic E-state index is 12.9. The summed E-state index contributed by atoms with van der Waals surface area (Å²) in [4.78, 5) is 4.04. The van der Waals surface area contributed by atoms with Crippen LogP contribution in [0.3, 0.4) is 0 Å². The molecule has 0 atom stereocenters. The lowest BCUT2D eigenvalue weighted by Crippen LogP contribution is -1.99. The molecule has 1 heterocycles. The van der Waals surface area contributed by atoms with Gasteiger partial charge in [-0.3, -0.25) is 10.4 Å². The number of hydrogen-bond donors (Lipinski definition) is 2. The van der Waals surface area contributed by atoms with Crippen LogP contribution in [0.5, 0.6) is 0 Å². The van der Waals surface area contributed by atoms with Crippen molar-refractivity contribution in [1.29, 1.82) is 5.41 Å². The van der Waals surface area contributed by atoms with Crippen molar-refractivity contribution in [3.8, 4) is 0 Å². The van der Waals surface area contributed by atoms with Gasteiger partial charge in [0.1, 0.15) is 5.82 Å². The Kier molecular flexibility index (Phi) is 5.34. The number of pyridine rings is 1. The molecule has 0 spiro atoms. The van der Waals surface area contributed by atoms with Crippen LogP contribution in [0.4, 0.5) is 10.1 Å². The zero-order valence-electron chi connectivity index (χ0n) is 14.1. The third kappa shape index (κ3) is 3.92. The number of anilines is 1. The summed E-state index contributed by atoms with van der Waals surface area (Å²) in [6, 6.07) is 26.0. The largest absolute Gasteiger partial charge is 0.396 e. The van der Waals surface area contributed by atoms with E-state index in [0.29, 0.717) is 11.1 Å². The fourth-order valence-electron chi connectivity index (χ4n) is 2.52. The molecule has 0 bridgehead atoms. The molecule has 1 aromatic heterocycles. The van der Waals surface area contributed by atoms with Crippen LogP contribution in [0.1, 0.15) is 11.1 Å². The summed E-state index contributed by atoms with van der Waals surface area (Å²) in [5.41, 5.74) is 8.88. The standard InChI is InChI=1S/C13H11N.C9H7FN2/c14-13(11-7-3-1-4-8-11)12-9-5-2-6-10-12;10-7-3-4-8-6(9(7)11)2-1-5-12-8/h1-10,14H;1-5H,11H2. The summed E-state index contributed by atoms with van der Waals surface area (Å²) in [5, 5.41) is 8.64. The van der Waals surface area contributed by atoms with Crippen LogP contribution < -0.4 is 5.73 Å². The Labute approximate surface area is 151 Å². The van der Waals surface area contributed by atoms with E-state index in [1.807, 2.05) is 60.7 Å². The van der Waals surface area contributed by atoms with E-state index in [1.54, 1.807) is 24.4 Å². The van der Waals surface area contributed by atoms with Gasteiger partial charge in [-0.05, 0) is 35.4 Å². The highest BCUT2D eigenvalue weighted by Gasteiger charge is 2.03. The van der Waals surface area contributed by atoms with Crippen LogP contribution in [0.25, 0.3) is 10.9 Å². The van der Waals surface area contributed by atoms with E-state index >= 15 is 0 Å². The van der Waals surface area contributed by atoms with Gasteiger partial charge in [-0.15, -0.1) is 0 Å². The van der Waals surface area contributed by atoms with E-state index in [2.05, 4.69) is 4.98 Å². The second kappa shape index (κ2) is 8.03. The third-order valence-electron chi connectivity index (χ3n) is 3.90. The average Bonchev–Trinajstić information content (AvgIpc) is 2.72. The molecule has 26 heavy (non-hydrogen) atoms. The molecule has 4 heteroatoms. The van der Waals surface area contributed by atoms with Crippen LogP contribution in [0, 0.1) is 11.2 Å². The topological polar surface area (TPSA) is 62.8 Å². The van der Waals surface area contributed by atoms with Gasteiger partial charge in [0.15, 0.2) is 0 Å². The maximum Gasteiger partial charge on any atom is 0.146 e. The lowest BCUT2D eigenvalue weighted by Gasteiger charge is -2.02. The van der Waals surface area contributed by atoms with E-state index < -0.39 is 5.82 Å². The first-order valence-electron chi connectivity index (χ1n) is 8.15. The van der Waals surface area contributed by atoms with Crippen molar-refractivity contribution in [2.75, 3.05) is 5.73 Å². The molecule has 0 aliphatic carbocycles. The first kappa shape index (κ1) is 17.3. The Bertz CT molecular complexity index is 974. The van der Waals surface area contributed by atoms with Crippen LogP contribution in [0.15, 0.2) is 91.1 Å². The van der Waals surface area contributed by atoms with E-state index in [0.717, 1.165) is 16.6 Å². The van der Waals surface area contributed by atoms with E-state index in [1.165, 1.54) is 6.07 Å². The summed E-state index contributed by atoms with van der Waals surface area (Å²) in [6.07, 6.45) is 1.65. The summed E-state index contributed by atoms with van der Waals surface area (Å²) >= 11 is 0. The third-order valence-corrected chi connectivity index (χ3v) is 3.90. The van der Waals surface area contributed by atoms with E-state index in [-0.39, 0.29) is 5.69 Å². The molecule has 0 aliphatic rings. The zero-order valence-corrected chi connectivity index (χ0v) is 14.1. The van der Waals surface area contributed by atoms with Gasteiger partial charge in [0, 0.05) is 11.6 Å².